The Morgan fingerprint density at radius 2 is 1.88 bits per heavy atom. The monoisotopic (exact) mass is 386 g/mol. The molecule has 0 aliphatic carbocycles. The van der Waals surface area contributed by atoms with Crippen LogP contribution < -0.4 is 10.1 Å². The summed E-state index contributed by atoms with van der Waals surface area (Å²) in [4.78, 5) is 12.2. The Labute approximate surface area is 147 Å². The van der Waals surface area contributed by atoms with Crippen molar-refractivity contribution in [1.82, 2.24) is 10.5 Å². The van der Waals surface area contributed by atoms with Crippen LogP contribution in [0.25, 0.3) is 11.3 Å². The molecule has 24 heavy (non-hydrogen) atoms. The molecule has 5 nitrogen and oxygen atoms in total. The molecule has 2 aromatic carbocycles. The van der Waals surface area contributed by atoms with Crippen LogP contribution in [0.5, 0.6) is 5.75 Å². The lowest BCUT2D eigenvalue weighted by atomic mass is 10.1. The van der Waals surface area contributed by atoms with Gasteiger partial charge in [-0.2, -0.15) is 0 Å². The highest BCUT2D eigenvalue weighted by atomic mass is 79.9. The molecule has 0 saturated carbocycles. The average Bonchev–Trinajstić information content (AvgIpc) is 3.11. The average molecular weight is 387 g/mol. The molecule has 0 atom stereocenters. The SMILES string of the molecule is COc1ccc(CNC(=O)c2cc(-c3ccc(Br)cc3)on2)cc1. The molecule has 122 valence electrons. The van der Waals surface area contributed by atoms with Crippen molar-refractivity contribution < 1.29 is 14.1 Å². The van der Waals surface area contributed by atoms with Crippen molar-refractivity contribution in [3.8, 4) is 17.1 Å². The van der Waals surface area contributed by atoms with E-state index < -0.39 is 0 Å². The second kappa shape index (κ2) is 7.31. The van der Waals surface area contributed by atoms with Crippen LogP contribution in [0.1, 0.15) is 16.1 Å². The quantitative estimate of drug-likeness (QED) is 0.718. The largest absolute Gasteiger partial charge is 0.497 e. The number of aromatic nitrogens is 1. The molecule has 1 heterocycles. The molecule has 0 radical (unpaired) electrons. The van der Waals surface area contributed by atoms with E-state index in [1.807, 2.05) is 48.5 Å². The van der Waals surface area contributed by atoms with Gasteiger partial charge in [0.05, 0.1) is 7.11 Å². The van der Waals surface area contributed by atoms with Crippen LogP contribution in [0.4, 0.5) is 0 Å². The molecule has 0 spiro atoms. The van der Waals surface area contributed by atoms with E-state index in [-0.39, 0.29) is 11.6 Å². The summed E-state index contributed by atoms with van der Waals surface area (Å²) in [6.07, 6.45) is 0. The molecule has 6 heteroatoms. The molecule has 1 N–H and O–H groups in total. The normalized spacial score (nSPS) is 10.4. The first-order valence-electron chi connectivity index (χ1n) is 7.29. The summed E-state index contributed by atoms with van der Waals surface area (Å²) in [5.74, 6) is 1.05. The van der Waals surface area contributed by atoms with Crippen molar-refractivity contribution in [3.63, 3.8) is 0 Å². The number of halogens is 1. The Morgan fingerprint density at radius 3 is 2.54 bits per heavy atom. The molecule has 0 unspecified atom stereocenters. The van der Waals surface area contributed by atoms with Gasteiger partial charge in [-0.1, -0.05) is 45.4 Å². The number of hydrogen-bond donors (Lipinski definition) is 1. The summed E-state index contributed by atoms with van der Waals surface area (Å²) in [5, 5.41) is 6.65. The molecule has 1 aromatic heterocycles. The maximum atomic E-state index is 12.2. The van der Waals surface area contributed by atoms with Gasteiger partial charge >= 0.3 is 0 Å². The summed E-state index contributed by atoms with van der Waals surface area (Å²) >= 11 is 3.38. The van der Waals surface area contributed by atoms with E-state index in [9.17, 15) is 4.79 Å². The van der Waals surface area contributed by atoms with Gasteiger partial charge in [0.15, 0.2) is 11.5 Å². The minimum atomic E-state index is -0.280. The van der Waals surface area contributed by atoms with Crippen LogP contribution in [-0.2, 0) is 6.54 Å². The minimum Gasteiger partial charge on any atom is -0.497 e. The molecule has 0 fully saturated rings. The number of nitrogens with one attached hydrogen (secondary N) is 1. The Kier molecular flexibility index (Phi) is 4.96. The van der Waals surface area contributed by atoms with Gasteiger partial charge in [-0.15, -0.1) is 0 Å². The van der Waals surface area contributed by atoms with Crippen molar-refractivity contribution >= 4 is 21.8 Å². The Morgan fingerprint density at radius 1 is 1.17 bits per heavy atom. The van der Waals surface area contributed by atoms with Gasteiger partial charge in [0.1, 0.15) is 5.75 Å². The van der Waals surface area contributed by atoms with Crippen LogP contribution in [0.3, 0.4) is 0 Å². The lowest BCUT2D eigenvalue weighted by Crippen LogP contribution is -2.22. The third kappa shape index (κ3) is 3.83. The first-order chi connectivity index (χ1) is 11.7. The zero-order valence-electron chi connectivity index (χ0n) is 13.0. The van der Waals surface area contributed by atoms with Crippen molar-refractivity contribution in [2.45, 2.75) is 6.54 Å². The third-order valence-corrected chi connectivity index (χ3v) is 4.01. The number of methoxy groups -OCH3 is 1. The van der Waals surface area contributed by atoms with Gasteiger partial charge in [0.25, 0.3) is 5.91 Å². The van der Waals surface area contributed by atoms with E-state index in [0.29, 0.717) is 12.3 Å². The van der Waals surface area contributed by atoms with Gasteiger partial charge < -0.3 is 14.6 Å². The van der Waals surface area contributed by atoms with Crippen molar-refractivity contribution in [3.05, 3.63) is 70.3 Å². The van der Waals surface area contributed by atoms with Gasteiger partial charge in [-0.25, -0.2) is 0 Å². The number of ether oxygens (including phenoxy) is 1. The molecule has 3 aromatic rings. The van der Waals surface area contributed by atoms with E-state index in [0.717, 1.165) is 21.3 Å². The maximum absolute atomic E-state index is 12.2. The maximum Gasteiger partial charge on any atom is 0.273 e. The molecule has 1 amide bonds. The molecule has 3 rings (SSSR count). The molecule has 0 bridgehead atoms. The molecule has 0 saturated heterocycles. The highest BCUT2D eigenvalue weighted by molar-refractivity contribution is 9.10. The van der Waals surface area contributed by atoms with E-state index >= 15 is 0 Å². The first-order valence-corrected chi connectivity index (χ1v) is 8.09. The van der Waals surface area contributed by atoms with Gasteiger partial charge in [0.2, 0.25) is 0 Å². The van der Waals surface area contributed by atoms with Crippen LogP contribution in [0, 0.1) is 0 Å². The number of hydrogen-bond acceptors (Lipinski definition) is 4. The van der Waals surface area contributed by atoms with E-state index in [1.54, 1.807) is 13.2 Å². The van der Waals surface area contributed by atoms with E-state index in [2.05, 4.69) is 26.4 Å². The van der Waals surface area contributed by atoms with Crippen LogP contribution >= 0.6 is 15.9 Å². The van der Waals surface area contributed by atoms with Crippen LogP contribution in [0.15, 0.2) is 63.6 Å². The highest BCUT2D eigenvalue weighted by Crippen LogP contribution is 2.22. The highest BCUT2D eigenvalue weighted by Gasteiger charge is 2.13. The number of nitrogens with zero attached hydrogens (tertiary/aromatic N) is 1. The standard InChI is InChI=1S/C18H15BrN2O3/c1-23-15-8-2-12(3-9-15)11-20-18(22)16-10-17(24-21-16)13-4-6-14(19)7-5-13/h2-10H,11H2,1H3,(H,20,22). The number of carbonyl (C=O) groups excluding carboxylic acids is 1. The van der Waals surface area contributed by atoms with Gasteiger partial charge in [0, 0.05) is 22.6 Å². The third-order valence-electron chi connectivity index (χ3n) is 3.48. The van der Waals surface area contributed by atoms with E-state index in [4.69, 9.17) is 9.26 Å². The minimum absolute atomic E-state index is 0.251. The topological polar surface area (TPSA) is 64.4 Å². The predicted octanol–water partition coefficient (Wildman–Crippen LogP) is 4.04. The van der Waals surface area contributed by atoms with Crippen LogP contribution in [-0.4, -0.2) is 18.2 Å². The number of rotatable bonds is 5. The molecular formula is C18H15BrN2O3. The van der Waals surface area contributed by atoms with Crippen molar-refractivity contribution in [2.75, 3.05) is 7.11 Å². The second-order valence-electron chi connectivity index (χ2n) is 5.11. The lowest BCUT2D eigenvalue weighted by Gasteiger charge is -2.04. The van der Waals surface area contributed by atoms with Gasteiger partial charge in [-0.05, 0) is 29.8 Å². The van der Waals surface area contributed by atoms with Crippen molar-refractivity contribution in [1.29, 1.82) is 0 Å². The zero-order chi connectivity index (χ0) is 16.9. The summed E-state index contributed by atoms with van der Waals surface area (Å²) in [6.45, 7) is 0.406. The number of carbonyl (C=O) groups is 1. The fraction of sp³-hybridized carbons (Fsp3) is 0.111. The zero-order valence-corrected chi connectivity index (χ0v) is 14.5. The Bertz CT molecular complexity index is 826. The van der Waals surface area contributed by atoms with Crippen LogP contribution in [0.2, 0.25) is 0 Å². The second-order valence-corrected chi connectivity index (χ2v) is 6.03. The first kappa shape index (κ1) is 16.3. The summed E-state index contributed by atoms with van der Waals surface area (Å²) in [6, 6.07) is 16.7. The number of amides is 1. The molecular weight excluding hydrogens is 372 g/mol. The molecule has 0 aliphatic rings. The summed E-state index contributed by atoms with van der Waals surface area (Å²) in [7, 11) is 1.62. The lowest BCUT2D eigenvalue weighted by molar-refractivity contribution is 0.0942. The fourth-order valence-corrected chi connectivity index (χ4v) is 2.41. The predicted molar refractivity (Wildman–Crippen MR) is 93.8 cm³/mol. The number of benzene rings is 2. The van der Waals surface area contributed by atoms with E-state index in [1.165, 1.54) is 0 Å². The summed E-state index contributed by atoms with van der Waals surface area (Å²) < 4.78 is 11.3. The Hall–Kier alpha value is -2.60. The van der Waals surface area contributed by atoms with Gasteiger partial charge in [-0.3, -0.25) is 4.79 Å². The Balaban J connectivity index is 1.64. The molecule has 0 aliphatic heterocycles. The summed E-state index contributed by atoms with van der Waals surface area (Å²) in [5.41, 5.74) is 2.09. The smallest absolute Gasteiger partial charge is 0.273 e. The van der Waals surface area contributed by atoms with Crippen molar-refractivity contribution in [2.24, 2.45) is 0 Å². The fourth-order valence-electron chi connectivity index (χ4n) is 2.15.